The van der Waals surface area contributed by atoms with Crippen molar-refractivity contribution in [3.63, 3.8) is 0 Å². The number of nitrogens with zero attached hydrogens (tertiary/aromatic N) is 1. The summed E-state index contributed by atoms with van der Waals surface area (Å²) in [5.74, 6) is 0. The smallest absolute Gasteiger partial charge is 0.0233 e. The number of hydrogen-bond donors (Lipinski definition) is 1. The van der Waals surface area contributed by atoms with E-state index in [2.05, 4.69) is 57.0 Å². The first kappa shape index (κ1) is 13.2. The summed E-state index contributed by atoms with van der Waals surface area (Å²) in [6.45, 7) is 7.43. The SMILES string of the molecule is Cc1cccc(CN(C)C(C)CC(C)N)c1. The van der Waals surface area contributed by atoms with Gasteiger partial charge < -0.3 is 5.73 Å². The normalized spacial score (nSPS) is 15.1. The van der Waals surface area contributed by atoms with E-state index in [1.165, 1.54) is 11.1 Å². The second-order valence-corrected chi connectivity index (χ2v) is 4.97. The number of rotatable bonds is 5. The molecule has 0 bridgehead atoms. The molecule has 0 aliphatic carbocycles. The molecule has 1 aromatic carbocycles. The van der Waals surface area contributed by atoms with Crippen molar-refractivity contribution in [2.45, 2.75) is 45.8 Å². The second kappa shape index (κ2) is 6.02. The van der Waals surface area contributed by atoms with Crippen LogP contribution < -0.4 is 5.73 Å². The van der Waals surface area contributed by atoms with Gasteiger partial charge in [0, 0.05) is 18.6 Å². The van der Waals surface area contributed by atoms with Crippen molar-refractivity contribution in [3.05, 3.63) is 35.4 Å². The van der Waals surface area contributed by atoms with Gasteiger partial charge in [0.15, 0.2) is 0 Å². The third-order valence-electron chi connectivity index (χ3n) is 2.98. The van der Waals surface area contributed by atoms with E-state index in [1.54, 1.807) is 0 Å². The third kappa shape index (κ3) is 4.33. The summed E-state index contributed by atoms with van der Waals surface area (Å²) >= 11 is 0. The Bertz CT molecular complexity index is 320. The summed E-state index contributed by atoms with van der Waals surface area (Å²) in [5, 5.41) is 0. The van der Waals surface area contributed by atoms with E-state index in [0.717, 1.165) is 13.0 Å². The molecule has 0 aliphatic heterocycles. The maximum absolute atomic E-state index is 5.82. The van der Waals surface area contributed by atoms with Gasteiger partial charge in [-0.25, -0.2) is 0 Å². The topological polar surface area (TPSA) is 29.3 Å². The molecule has 16 heavy (non-hydrogen) atoms. The monoisotopic (exact) mass is 220 g/mol. The Balaban J connectivity index is 2.53. The van der Waals surface area contributed by atoms with Gasteiger partial charge in [0.25, 0.3) is 0 Å². The second-order valence-electron chi connectivity index (χ2n) is 4.97. The highest BCUT2D eigenvalue weighted by molar-refractivity contribution is 5.22. The molecule has 1 rings (SSSR count). The van der Waals surface area contributed by atoms with Crippen LogP contribution in [0.15, 0.2) is 24.3 Å². The molecule has 0 spiro atoms. The van der Waals surface area contributed by atoms with E-state index in [9.17, 15) is 0 Å². The lowest BCUT2D eigenvalue weighted by Gasteiger charge is -2.26. The molecule has 0 heterocycles. The molecule has 1 aromatic rings. The molecule has 2 heteroatoms. The molecule has 0 fully saturated rings. The van der Waals surface area contributed by atoms with Crippen LogP contribution in [0.25, 0.3) is 0 Å². The van der Waals surface area contributed by atoms with Crippen LogP contribution in [-0.2, 0) is 6.54 Å². The van der Waals surface area contributed by atoms with Crippen LogP contribution in [-0.4, -0.2) is 24.0 Å². The predicted molar refractivity (Wildman–Crippen MR) is 70.4 cm³/mol. The van der Waals surface area contributed by atoms with E-state index in [-0.39, 0.29) is 6.04 Å². The van der Waals surface area contributed by atoms with Gasteiger partial charge in [0.05, 0.1) is 0 Å². The zero-order chi connectivity index (χ0) is 12.1. The van der Waals surface area contributed by atoms with Crippen molar-refractivity contribution >= 4 is 0 Å². The van der Waals surface area contributed by atoms with Crippen LogP contribution in [0.1, 0.15) is 31.4 Å². The van der Waals surface area contributed by atoms with Crippen molar-refractivity contribution in [2.75, 3.05) is 7.05 Å². The largest absolute Gasteiger partial charge is 0.328 e. The Hall–Kier alpha value is -0.860. The van der Waals surface area contributed by atoms with Crippen LogP contribution >= 0.6 is 0 Å². The van der Waals surface area contributed by atoms with Crippen molar-refractivity contribution in [2.24, 2.45) is 5.73 Å². The van der Waals surface area contributed by atoms with E-state index < -0.39 is 0 Å². The fourth-order valence-corrected chi connectivity index (χ4v) is 1.97. The molecule has 0 aromatic heterocycles. The fourth-order valence-electron chi connectivity index (χ4n) is 1.97. The molecular formula is C14H24N2. The average molecular weight is 220 g/mol. The molecule has 2 N–H and O–H groups in total. The zero-order valence-corrected chi connectivity index (χ0v) is 10.9. The van der Waals surface area contributed by atoms with Crippen LogP contribution in [0.5, 0.6) is 0 Å². The first-order chi connectivity index (χ1) is 7.49. The highest BCUT2D eigenvalue weighted by Crippen LogP contribution is 2.11. The van der Waals surface area contributed by atoms with Crippen molar-refractivity contribution < 1.29 is 0 Å². The van der Waals surface area contributed by atoms with Gasteiger partial charge in [-0.2, -0.15) is 0 Å². The maximum atomic E-state index is 5.82. The minimum atomic E-state index is 0.273. The van der Waals surface area contributed by atoms with E-state index in [4.69, 9.17) is 5.73 Å². The van der Waals surface area contributed by atoms with Gasteiger partial charge in [-0.1, -0.05) is 29.8 Å². The average Bonchev–Trinajstić information content (AvgIpc) is 2.16. The standard InChI is InChI=1S/C14H24N2/c1-11-6-5-7-14(8-11)10-16(4)13(3)9-12(2)15/h5-8,12-13H,9-10,15H2,1-4H3. The Morgan fingerprint density at radius 2 is 2.00 bits per heavy atom. The number of aryl methyl sites for hydroxylation is 1. The lowest BCUT2D eigenvalue weighted by Crippen LogP contribution is -2.33. The molecule has 90 valence electrons. The first-order valence-corrected chi connectivity index (χ1v) is 6.00. The molecule has 0 saturated heterocycles. The van der Waals surface area contributed by atoms with E-state index in [1.807, 2.05) is 0 Å². The molecule has 2 atom stereocenters. The zero-order valence-electron chi connectivity index (χ0n) is 10.9. The summed E-state index contributed by atoms with van der Waals surface area (Å²) in [6.07, 6.45) is 1.04. The summed E-state index contributed by atoms with van der Waals surface area (Å²) in [7, 11) is 2.16. The minimum Gasteiger partial charge on any atom is -0.328 e. The molecule has 2 nitrogen and oxygen atoms in total. The van der Waals surface area contributed by atoms with Gasteiger partial charge in [-0.15, -0.1) is 0 Å². The minimum absolute atomic E-state index is 0.273. The maximum Gasteiger partial charge on any atom is 0.0233 e. The Labute approximate surface area is 99.5 Å². The van der Waals surface area contributed by atoms with Crippen molar-refractivity contribution in [3.8, 4) is 0 Å². The molecule has 0 aliphatic rings. The van der Waals surface area contributed by atoms with Gasteiger partial charge >= 0.3 is 0 Å². The van der Waals surface area contributed by atoms with Gasteiger partial charge in [0.2, 0.25) is 0 Å². The van der Waals surface area contributed by atoms with Crippen LogP contribution in [0.3, 0.4) is 0 Å². The molecular weight excluding hydrogens is 196 g/mol. The predicted octanol–water partition coefficient (Wildman–Crippen LogP) is 2.55. The molecule has 0 amide bonds. The number of nitrogens with two attached hydrogens (primary N) is 1. The summed E-state index contributed by atoms with van der Waals surface area (Å²) in [4.78, 5) is 2.36. The van der Waals surface area contributed by atoms with E-state index >= 15 is 0 Å². The highest BCUT2D eigenvalue weighted by atomic mass is 15.1. The summed E-state index contributed by atoms with van der Waals surface area (Å²) in [5.41, 5.74) is 8.52. The highest BCUT2D eigenvalue weighted by Gasteiger charge is 2.11. The first-order valence-electron chi connectivity index (χ1n) is 6.00. The molecule has 0 radical (unpaired) electrons. The van der Waals surface area contributed by atoms with Gasteiger partial charge in [-0.3, -0.25) is 4.90 Å². The Morgan fingerprint density at radius 1 is 1.31 bits per heavy atom. The molecule has 2 unspecified atom stereocenters. The summed E-state index contributed by atoms with van der Waals surface area (Å²) < 4.78 is 0. The molecule has 0 saturated carbocycles. The van der Waals surface area contributed by atoms with Crippen LogP contribution in [0.2, 0.25) is 0 Å². The fraction of sp³-hybridized carbons (Fsp3) is 0.571. The van der Waals surface area contributed by atoms with Crippen LogP contribution in [0.4, 0.5) is 0 Å². The Kier molecular flexibility index (Phi) is 4.97. The number of benzene rings is 1. The van der Waals surface area contributed by atoms with E-state index in [0.29, 0.717) is 6.04 Å². The summed E-state index contributed by atoms with van der Waals surface area (Å²) in [6, 6.07) is 9.48. The van der Waals surface area contributed by atoms with Crippen molar-refractivity contribution in [1.29, 1.82) is 0 Å². The van der Waals surface area contributed by atoms with Gasteiger partial charge in [0.1, 0.15) is 0 Å². The quantitative estimate of drug-likeness (QED) is 0.826. The lowest BCUT2D eigenvalue weighted by atomic mass is 10.1. The van der Waals surface area contributed by atoms with Crippen LogP contribution in [0, 0.1) is 6.92 Å². The lowest BCUT2D eigenvalue weighted by molar-refractivity contribution is 0.230. The van der Waals surface area contributed by atoms with Gasteiger partial charge in [-0.05, 0) is 39.8 Å². The third-order valence-corrected chi connectivity index (χ3v) is 2.98. The Morgan fingerprint density at radius 3 is 2.56 bits per heavy atom. The van der Waals surface area contributed by atoms with Crippen molar-refractivity contribution in [1.82, 2.24) is 4.90 Å². The number of hydrogen-bond acceptors (Lipinski definition) is 2.